The lowest BCUT2D eigenvalue weighted by Crippen LogP contribution is -2.52. The highest BCUT2D eigenvalue weighted by Gasteiger charge is 2.39. The molecule has 10 nitrogen and oxygen atoms in total. The van der Waals surface area contributed by atoms with E-state index < -0.39 is 23.7 Å². The van der Waals surface area contributed by atoms with Gasteiger partial charge in [-0.2, -0.15) is 18.4 Å². The average molecular weight is 731 g/mol. The molecule has 0 aliphatic carbocycles. The number of imide groups is 1. The standard InChI is InChI=1S/C40H43F3N6O4.H2/c41-40(42,43)35-24-32(6-3-29(35)25-44)47-16-13-28(14-17-47)27-4-8-33(9-5-27)53-22-2-1-15-46-18-20-48(21-19-46)31-7-10-34-30(23-31)26-49(39(34)52)36-11-12-37(50)45-38(36)51;/h3-10,23-24,28,36H,1-2,11-22,26H2,(H,45,50,51);1H. The molecule has 0 radical (unpaired) electrons. The number of fused-ring (bicyclic) bond motifs is 1. The molecule has 0 aromatic heterocycles. The largest absolute Gasteiger partial charge is 0.494 e. The number of amides is 3. The number of carbonyl (C=O) groups excluding carboxylic acids is 3. The summed E-state index contributed by atoms with van der Waals surface area (Å²) >= 11 is 0. The molecular weight excluding hydrogens is 685 g/mol. The van der Waals surface area contributed by atoms with Gasteiger partial charge in [0.05, 0.1) is 23.8 Å². The third kappa shape index (κ3) is 8.13. The summed E-state index contributed by atoms with van der Waals surface area (Å²) in [6.07, 6.45) is -0.348. The molecule has 280 valence electrons. The van der Waals surface area contributed by atoms with Gasteiger partial charge < -0.3 is 19.4 Å². The Morgan fingerprint density at radius 2 is 1.55 bits per heavy atom. The zero-order chi connectivity index (χ0) is 37.1. The van der Waals surface area contributed by atoms with Crippen molar-refractivity contribution < 1.29 is 33.7 Å². The van der Waals surface area contributed by atoms with Crippen molar-refractivity contribution in [2.75, 3.05) is 62.2 Å². The predicted octanol–water partition coefficient (Wildman–Crippen LogP) is 5.95. The third-order valence-electron chi connectivity index (χ3n) is 11.0. The summed E-state index contributed by atoms with van der Waals surface area (Å²) in [4.78, 5) is 45.3. The predicted molar refractivity (Wildman–Crippen MR) is 195 cm³/mol. The Morgan fingerprint density at radius 1 is 0.849 bits per heavy atom. The number of nitrogens with zero attached hydrogens (tertiary/aromatic N) is 5. The summed E-state index contributed by atoms with van der Waals surface area (Å²) in [5.74, 6) is 0.309. The van der Waals surface area contributed by atoms with Gasteiger partial charge in [-0.25, -0.2) is 0 Å². The van der Waals surface area contributed by atoms with Crippen LogP contribution in [0.3, 0.4) is 0 Å². The summed E-state index contributed by atoms with van der Waals surface area (Å²) in [6.45, 7) is 6.96. The minimum Gasteiger partial charge on any atom is -0.494 e. The monoisotopic (exact) mass is 730 g/mol. The van der Waals surface area contributed by atoms with Gasteiger partial charge in [-0.05, 0) is 104 Å². The van der Waals surface area contributed by atoms with Crippen molar-refractivity contribution in [1.29, 1.82) is 5.26 Å². The van der Waals surface area contributed by atoms with E-state index in [1.54, 1.807) is 17.0 Å². The van der Waals surface area contributed by atoms with Crippen LogP contribution in [0.25, 0.3) is 0 Å². The van der Waals surface area contributed by atoms with E-state index in [9.17, 15) is 27.6 Å². The first kappa shape index (κ1) is 36.3. The smallest absolute Gasteiger partial charge is 0.417 e. The maximum Gasteiger partial charge on any atom is 0.417 e. The van der Waals surface area contributed by atoms with Gasteiger partial charge in [0.2, 0.25) is 11.8 Å². The molecule has 4 aliphatic heterocycles. The second-order valence-corrected chi connectivity index (χ2v) is 14.3. The number of hydrogen-bond donors (Lipinski definition) is 1. The van der Waals surface area contributed by atoms with Crippen LogP contribution in [0.1, 0.15) is 78.5 Å². The summed E-state index contributed by atoms with van der Waals surface area (Å²) < 4.78 is 46.4. The number of nitriles is 1. The lowest BCUT2D eigenvalue weighted by atomic mass is 9.89. The van der Waals surface area contributed by atoms with Crippen molar-refractivity contribution in [2.45, 2.75) is 63.2 Å². The molecule has 3 aromatic rings. The van der Waals surface area contributed by atoms with Gasteiger partial charge in [-0.3, -0.25) is 24.6 Å². The SMILES string of the molecule is N#Cc1ccc(N2CCC(c3ccc(OCCCCN4CCN(c5ccc6c(c5)CN(C5CCC(=O)NC5=O)C6=O)CC4)cc3)CC2)cc1C(F)(F)F.[HH]. The quantitative estimate of drug-likeness (QED) is 0.202. The number of ether oxygens (including phenoxy) is 1. The molecule has 1 unspecified atom stereocenters. The van der Waals surface area contributed by atoms with Gasteiger partial charge in [-0.15, -0.1) is 0 Å². The topological polar surface area (TPSA) is 109 Å². The van der Waals surface area contributed by atoms with Crippen molar-refractivity contribution in [1.82, 2.24) is 15.1 Å². The van der Waals surface area contributed by atoms with Gasteiger partial charge in [0.15, 0.2) is 0 Å². The van der Waals surface area contributed by atoms with Crippen LogP contribution in [-0.2, 0) is 22.3 Å². The van der Waals surface area contributed by atoms with Crippen molar-refractivity contribution >= 4 is 29.1 Å². The number of unbranched alkanes of at least 4 members (excludes halogenated alkanes) is 1. The summed E-state index contributed by atoms with van der Waals surface area (Å²) in [5.41, 5.74) is 3.09. The van der Waals surface area contributed by atoms with Crippen LogP contribution in [0.5, 0.6) is 5.75 Å². The highest BCUT2D eigenvalue weighted by molar-refractivity contribution is 6.05. The van der Waals surface area contributed by atoms with Gasteiger partial charge >= 0.3 is 6.18 Å². The lowest BCUT2D eigenvalue weighted by Gasteiger charge is -2.36. The number of carbonyl (C=O) groups is 3. The zero-order valence-corrected chi connectivity index (χ0v) is 29.5. The van der Waals surface area contributed by atoms with Gasteiger partial charge in [0.25, 0.3) is 5.91 Å². The number of benzene rings is 3. The van der Waals surface area contributed by atoms with Crippen LogP contribution in [0.15, 0.2) is 60.7 Å². The van der Waals surface area contributed by atoms with Crippen LogP contribution in [0.2, 0.25) is 0 Å². The summed E-state index contributed by atoms with van der Waals surface area (Å²) in [5, 5.41) is 11.4. The first-order chi connectivity index (χ1) is 25.6. The Bertz CT molecular complexity index is 1890. The van der Waals surface area contributed by atoms with Gasteiger partial charge in [0.1, 0.15) is 11.8 Å². The molecule has 13 heteroatoms. The second kappa shape index (κ2) is 15.5. The number of hydrogen-bond acceptors (Lipinski definition) is 8. The summed E-state index contributed by atoms with van der Waals surface area (Å²) in [6, 6.07) is 19.1. The molecule has 3 amide bonds. The van der Waals surface area contributed by atoms with Crippen LogP contribution in [0.4, 0.5) is 24.5 Å². The number of halogens is 3. The van der Waals surface area contributed by atoms with Gasteiger partial charge in [-0.1, -0.05) is 12.1 Å². The number of piperidine rings is 2. The molecule has 1 N–H and O–H groups in total. The Kier molecular flexibility index (Phi) is 10.6. The van der Waals surface area contributed by atoms with Crippen LogP contribution >= 0.6 is 0 Å². The normalized spacial score (nSPS) is 20.0. The molecular formula is C40H45F3N6O4. The molecule has 7 rings (SSSR count). The van der Waals surface area contributed by atoms with E-state index in [2.05, 4.69) is 33.3 Å². The fraction of sp³-hybridized carbons (Fsp3) is 0.450. The zero-order valence-electron chi connectivity index (χ0n) is 29.5. The fourth-order valence-corrected chi connectivity index (χ4v) is 7.98. The highest BCUT2D eigenvalue weighted by atomic mass is 19.4. The van der Waals surface area contributed by atoms with Gasteiger partial charge in [0, 0.05) is 70.6 Å². The maximum absolute atomic E-state index is 13.4. The molecule has 0 spiro atoms. The molecule has 3 saturated heterocycles. The van der Waals surface area contributed by atoms with Crippen molar-refractivity contribution in [3.05, 3.63) is 88.5 Å². The van der Waals surface area contributed by atoms with E-state index in [-0.39, 0.29) is 25.2 Å². The average Bonchev–Trinajstić information content (AvgIpc) is 3.49. The van der Waals surface area contributed by atoms with E-state index in [0.717, 1.165) is 81.5 Å². The molecule has 1 atom stereocenters. The van der Waals surface area contributed by atoms with E-state index >= 15 is 0 Å². The van der Waals surface area contributed by atoms with Crippen molar-refractivity contribution in [3.8, 4) is 11.8 Å². The Balaban J connectivity index is 0.00000497. The Labute approximate surface area is 308 Å². The number of alkyl halides is 3. The lowest BCUT2D eigenvalue weighted by molar-refractivity contribution is -0.138. The molecule has 3 fully saturated rings. The van der Waals surface area contributed by atoms with Crippen molar-refractivity contribution in [2.24, 2.45) is 0 Å². The second-order valence-electron chi connectivity index (χ2n) is 14.3. The molecule has 4 aliphatic rings. The number of rotatable bonds is 10. The maximum atomic E-state index is 13.4. The molecule has 0 bridgehead atoms. The Morgan fingerprint density at radius 3 is 2.25 bits per heavy atom. The molecule has 0 saturated carbocycles. The Hall–Kier alpha value is -5.09. The van der Waals surface area contributed by atoms with Crippen LogP contribution < -0.4 is 19.9 Å². The van der Waals surface area contributed by atoms with E-state index in [0.29, 0.717) is 49.8 Å². The fourth-order valence-electron chi connectivity index (χ4n) is 7.98. The summed E-state index contributed by atoms with van der Waals surface area (Å²) in [7, 11) is 0. The molecule has 53 heavy (non-hydrogen) atoms. The van der Waals surface area contributed by atoms with E-state index in [1.165, 1.54) is 11.6 Å². The van der Waals surface area contributed by atoms with E-state index in [1.807, 2.05) is 29.2 Å². The number of nitrogens with one attached hydrogen (secondary N) is 1. The van der Waals surface area contributed by atoms with Crippen LogP contribution in [-0.4, -0.2) is 86.0 Å². The first-order valence-electron chi connectivity index (χ1n) is 18.4. The van der Waals surface area contributed by atoms with Crippen LogP contribution in [0, 0.1) is 11.3 Å². The molecule has 3 aromatic carbocycles. The van der Waals surface area contributed by atoms with Crippen molar-refractivity contribution in [3.63, 3.8) is 0 Å². The number of anilines is 2. The number of piperazine rings is 1. The highest BCUT2D eigenvalue weighted by Crippen LogP contribution is 2.37. The minimum atomic E-state index is -4.56. The minimum absolute atomic E-state index is 0. The first-order valence-corrected chi connectivity index (χ1v) is 18.4. The molecule has 4 heterocycles. The van der Waals surface area contributed by atoms with E-state index in [4.69, 9.17) is 10.00 Å². The third-order valence-corrected chi connectivity index (χ3v) is 11.0.